The van der Waals surface area contributed by atoms with Gasteiger partial charge in [-0.3, -0.25) is 0 Å². The molecule has 16 heavy (non-hydrogen) atoms. The zero-order valence-corrected chi connectivity index (χ0v) is 10.1. The second-order valence-electron chi connectivity index (χ2n) is 3.00. The molecule has 0 aliphatic heterocycles. The fourth-order valence-electron chi connectivity index (χ4n) is 0.939. The molecule has 0 atom stereocenters. The Morgan fingerprint density at radius 3 is 2.88 bits per heavy atom. The van der Waals surface area contributed by atoms with Gasteiger partial charge in [-0.15, -0.1) is 0 Å². The molecule has 1 rings (SSSR count). The SMILES string of the molecule is CCS(=O)(=O)CCNc1nc(Cl)ncc1F. The van der Waals surface area contributed by atoms with E-state index in [9.17, 15) is 12.8 Å². The lowest BCUT2D eigenvalue weighted by Gasteiger charge is -2.06. The van der Waals surface area contributed by atoms with Crippen LogP contribution < -0.4 is 5.32 Å². The molecule has 0 fully saturated rings. The molecule has 5 nitrogen and oxygen atoms in total. The van der Waals surface area contributed by atoms with E-state index in [0.29, 0.717) is 0 Å². The molecule has 0 aromatic carbocycles. The van der Waals surface area contributed by atoms with E-state index >= 15 is 0 Å². The van der Waals surface area contributed by atoms with Crippen LogP contribution in [0.4, 0.5) is 10.2 Å². The number of hydrogen-bond donors (Lipinski definition) is 1. The Morgan fingerprint density at radius 1 is 1.56 bits per heavy atom. The molecule has 0 spiro atoms. The van der Waals surface area contributed by atoms with Crippen molar-refractivity contribution in [3.63, 3.8) is 0 Å². The Morgan fingerprint density at radius 2 is 2.25 bits per heavy atom. The summed E-state index contributed by atoms with van der Waals surface area (Å²) >= 11 is 5.47. The minimum atomic E-state index is -3.07. The van der Waals surface area contributed by atoms with Gasteiger partial charge in [-0.25, -0.2) is 17.8 Å². The van der Waals surface area contributed by atoms with Crippen LogP contribution in [0.15, 0.2) is 6.20 Å². The number of sulfone groups is 1. The molecule has 0 unspecified atom stereocenters. The molecule has 90 valence electrons. The van der Waals surface area contributed by atoms with Gasteiger partial charge in [0.05, 0.1) is 11.9 Å². The monoisotopic (exact) mass is 267 g/mol. The van der Waals surface area contributed by atoms with Crippen molar-refractivity contribution < 1.29 is 12.8 Å². The van der Waals surface area contributed by atoms with Crippen molar-refractivity contribution in [1.82, 2.24) is 9.97 Å². The van der Waals surface area contributed by atoms with E-state index in [0.717, 1.165) is 6.20 Å². The fraction of sp³-hybridized carbons (Fsp3) is 0.500. The maximum atomic E-state index is 13.1. The van der Waals surface area contributed by atoms with Gasteiger partial charge in [0.2, 0.25) is 5.28 Å². The van der Waals surface area contributed by atoms with E-state index < -0.39 is 15.7 Å². The smallest absolute Gasteiger partial charge is 0.224 e. The fourth-order valence-corrected chi connectivity index (χ4v) is 1.77. The first-order valence-corrected chi connectivity index (χ1v) is 6.77. The first kappa shape index (κ1) is 13.1. The van der Waals surface area contributed by atoms with E-state index in [2.05, 4.69) is 15.3 Å². The summed E-state index contributed by atoms with van der Waals surface area (Å²) in [5.74, 6) is -0.781. The van der Waals surface area contributed by atoms with Gasteiger partial charge in [0.25, 0.3) is 0 Å². The maximum absolute atomic E-state index is 13.1. The molecule has 0 saturated heterocycles. The van der Waals surface area contributed by atoms with Crippen LogP contribution in [0.2, 0.25) is 5.28 Å². The van der Waals surface area contributed by atoms with Gasteiger partial charge in [0.1, 0.15) is 0 Å². The lowest BCUT2D eigenvalue weighted by molar-refractivity contribution is 0.596. The first-order valence-electron chi connectivity index (χ1n) is 4.57. The molecular formula is C8H11ClFN3O2S. The third-order valence-electron chi connectivity index (χ3n) is 1.86. The van der Waals surface area contributed by atoms with Gasteiger partial charge in [-0.2, -0.15) is 4.98 Å². The molecule has 0 radical (unpaired) electrons. The minimum absolute atomic E-state index is 0.0572. The molecule has 0 bridgehead atoms. The van der Waals surface area contributed by atoms with Crippen molar-refractivity contribution in [2.45, 2.75) is 6.92 Å². The van der Waals surface area contributed by atoms with Gasteiger partial charge >= 0.3 is 0 Å². The second kappa shape index (κ2) is 5.40. The lowest BCUT2D eigenvalue weighted by Crippen LogP contribution is -2.18. The average Bonchev–Trinajstić information content (AvgIpc) is 2.23. The number of hydrogen-bond acceptors (Lipinski definition) is 5. The third kappa shape index (κ3) is 3.90. The van der Waals surface area contributed by atoms with Crippen LogP contribution in [0, 0.1) is 5.82 Å². The molecular weight excluding hydrogens is 257 g/mol. The summed E-state index contributed by atoms with van der Waals surface area (Å²) in [5, 5.41) is 2.46. The highest BCUT2D eigenvalue weighted by Crippen LogP contribution is 2.11. The predicted molar refractivity (Wildman–Crippen MR) is 59.8 cm³/mol. The quantitative estimate of drug-likeness (QED) is 0.810. The van der Waals surface area contributed by atoms with Gasteiger partial charge in [-0.1, -0.05) is 6.92 Å². The number of aromatic nitrogens is 2. The van der Waals surface area contributed by atoms with Crippen molar-refractivity contribution >= 4 is 27.3 Å². The average molecular weight is 268 g/mol. The van der Waals surface area contributed by atoms with E-state index in [1.54, 1.807) is 6.92 Å². The largest absolute Gasteiger partial charge is 0.366 e. The van der Waals surface area contributed by atoms with E-state index in [1.165, 1.54) is 0 Å². The Labute approximate surface area is 98.0 Å². The lowest BCUT2D eigenvalue weighted by atomic mass is 10.5. The van der Waals surface area contributed by atoms with Crippen molar-refractivity contribution in [3.05, 3.63) is 17.3 Å². The highest BCUT2D eigenvalue weighted by molar-refractivity contribution is 7.91. The Hall–Kier alpha value is -0.950. The molecule has 8 heteroatoms. The van der Waals surface area contributed by atoms with Crippen LogP contribution in [0.5, 0.6) is 0 Å². The van der Waals surface area contributed by atoms with Crippen LogP contribution in [0.1, 0.15) is 6.92 Å². The van der Waals surface area contributed by atoms with Crippen LogP contribution >= 0.6 is 11.6 Å². The molecule has 0 aliphatic rings. The highest BCUT2D eigenvalue weighted by Gasteiger charge is 2.09. The third-order valence-corrected chi connectivity index (χ3v) is 3.75. The van der Waals surface area contributed by atoms with Crippen LogP contribution in [0.25, 0.3) is 0 Å². The van der Waals surface area contributed by atoms with Crippen molar-refractivity contribution in [1.29, 1.82) is 0 Å². The molecule has 0 aliphatic carbocycles. The predicted octanol–water partition coefficient (Wildman–Crippen LogP) is 1.12. The van der Waals surface area contributed by atoms with Crippen LogP contribution in [0.3, 0.4) is 0 Å². The summed E-state index contributed by atoms with van der Waals surface area (Å²) in [6.45, 7) is 1.64. The van der Waals surface area contributed by atoms with E-state index in [1.807, 2.05) is 0 Å². The molecule has 1 heterocycles. The summed E-state index contributed by atoms with van der Waals surface area (Å²) < 4.78 is 35.4. The molecule has 1 N–H and O–H groups in total. The second-order valence-corrected chi connectivity index (χ2v) is 5.81. The molecule has 1 aromatic rings. The number of anilines is 1. The number of nitrogens with zero attached hydrogens (tertiary/aromatic N) is 2. The Kier molecular flexibility index (Phi) is 4.43. The van der Waals surface area contributed by atoms with Crippen molar-refractivity contribution in [2.75, 3.05) is 23.4 Å². The summed E-state index contributed by atoms with van der Waals surface area (Å²) in [4.78, 5) is 7.02. The Balaban J connectivity index is 2.59. The maximum Gasteiger partial charge on any atom is 0.224 e. The van der Waals surface area contributed by atoms with Crippen molar-refractivity contribution in [2.24, 2.45) is 0 Å². The summed E-state index contributed by atoms with van der Waals surface area (Å²) in [6.07, 6.45) is 0.923. The Bertz CT molecular complexity index is 466. The van der Waals surface area contributed by atoms with Gasteiger partial charge in [-0.05, 0) is 11.6 Å². The van der Waals surface area contributed by atoms with Gasteiger partial charge < -0.3 is 5.32 Å². The van der Waals surface area contributed by atoms with Crippen LogP contribution in [-0.4, -0.2) is 36.4 Å². The molecule has 1 aromatic heterocycles. The normalized spacial score (nSPS) is 11.4. The summed E-state index contributed by atoms with van der Waals surface area (Å²) in [6, 6.07) is 0. The van der Waals surface area contributed by atoms with Gasteiger partial charge in [0, 0.05) is 12.3 Å². The number of nitrogens with one attached hydrogen (secondary N) is 1. The van der Waals surface area contributed by atoms with E-state index in [-0.39, 0.29) is 29.2 Å². The zero-order chi connectivity index (χ0) is 12.2. The van der Waals surface area contributed by atoms with E-state index in [4.69, 9.17) is 11.6 Å². The number of halogens is 2. The summed E-state index contributed by atoms with van der Waals surface area (Å²) in [5.41, 5.74) is 0. The number of rotatable bonds is 5. The van der Waals surface area contributed by atoms with Gasteiger partial charge in [0.15, 0.2) is 21.5 Å². The minimum Gasteiger partial charge on any atom is -0.366 e. The molecule has 0 saturated carbocycles. The highest BCUT2D eigenvalue weighted by atomic mass is 35.5. The standard InChI is InChI=1S/C8H11ClFN3O2S/c1-2-16(14,15)4-3-11-7-6(10)5-12-8(9)13-7/h5H,2-4H2,1H3,(H,11,12,13). The topological polar surface area (TPSA) is 72.0 Å². The first-order chi connectivity index (χ1) is 7.44. The van der Waals surface area contributed by atoms with Crippen molar-refractivity contribution in [3.8, 4) is 0 Å². The molecule has 0 amide bonds. The van der Waals surface area contributed by atoms with Crippen LogP contribution in [-0.2, 0) is 9.84 Å². The summed E-state index contributed by atoms with van der Waals surface area (Å²) in [7, 11) is -3.07. The zero-order valence-electron chi connectivity index (χ0n) is 8.57.